The first-order chi connectivity index (χ1) is 9.68. The number of aromatic nitrogens is 2. The van der Waals surface area contributed by atoms with Crippen LogP contribution in [0.2, 0.25) is 0 Å². The fourth-order valence-electron chi connectivity index (χ4n) is 1.35. The third-order valence-electron chi connectivity index (χ3n) is 2.19. The van der Waals surface area contributed by atoms with E-state index in [0.29, 0.717) is 6.07 Å². The summed E-state index contributed by atoms with van der Waals surface area (Å²) in [4.78, 5) is 6.82. The summed E-state index contributed by atoms with van der Waals surface area (Å²) in [6, 6.07) is 0.667. The molecule has 0 unspecified atom stereocenters. The second-order valence-electron chi connectivity index (χ2n) is 3.85. The fraction of sp³-hybridized carbons (Fsp3) is 0.556. The monoisotopic (exact) mass is 328 g/mol. The van der Waals surface area contributed by atoms with E-state index in [1.165, 1.54) is 0 Å². The van der Waals surface area contributed by atoms with E-state index in [-0.39, 0.29) is 24.7 Å². The molecule has 1 heterocycles. The van der Waals surface area contributed by atoms with Crippen LogP contribution in [-0.2, 0) is 16.2 Å². The highest BCUT2D eigenvalue weighted by atomic mass is 32.2. The van der Waals surface area contributed by atoms with Crippen molar-refractivity contribution in [1.82, 2.24) is 14.7 Å². The van der Waals surface area contributed by atoms with Crippen molar-refractivity contribution in [2.24, 2.45) is 5.84 Å². The molecular weight excluding hydrogens is 313 g/mol. The van der Waals surface area contributed by atoms with E-state index in [1.807, 2.05) is 5.43 Å². The Morgan fingerprint density at radius 3 is 2.52 bits per heavy atom. The summed E-state index contributed by atoms with van der Waals surface area (Å²) in [5.41, 5.74) is 0.722. The lowest BCUT2D eigenvalue weighted by Gasteiger charge is -2.11. The van der Waals surface area contributed by atoms with Gasteiger partial charge in [-0.1, -0.05) is 6.92 Å². The molecule has 0 atom stereocenters. The van der Waals surface area contributed by atoms with Gasteiger partial charge in [-0.2, -0.15) is 18.2 Å². The van der Waals surface area contributed by atoms with E-state index < -0.39 is 27.8 Å². The summed E-state index contributed by atoms with van der Waals surface area (Å²) in [6.45, 7) is 1.73. The number of hydrazine groups is 1. The van der Waals surface area contributed by atoms with Gasteiger partial charge in [0.2, 0.25) is 16.0 Å². The zero-order valence-corrected chi connectivity index (χ0v) is 11.8. The molecule has 0 aliphatic rings. The van der Waals surface area contributed by atoms with E-state index in [1.54, 1.807) is 6.92 Å². The minimum Gasteiger partial charge on any atom is -0.369 e. The Hall–Kier alpha value is -1.66. The zero-order chi connectivity index (χ0) is 16.1. The molecule has 1 aromatic rings. The number of nitrogens with two attached hydrogens (primary N) is 1. The van der Waals surface area contributed by atoms with Crippen molar-refractivity contribution in [2.75, 3.05) is 29.6 Å². The molecule has 0 radical (unpaired) electrons. The third kappa shape index (κ3) is 5.69. The molecule has 1 rings (SSSR count). The molecule has 8 nitrogen and oxygen atoms in total. The predicted octanol–water partition coefficient (Wildman–Crippen LogP) is 0.132. The molecule has 12 heteroatoms. The summed E-state index contributed by atoms with van der Waals surface area (Å²) in [6.07, 6.45) is -4.67. The van der Waals surface area contributed by atoms with Crippen LogP contribution in [0.1, 0.15) is 12.6 Å². The summed E-state index contributed by atoms with van der Waals surface area (Å²) >= 11 is 0. The van der Waals surface area contributed by atoms with Gasteiger partial charge in [-0.15, -0.1) is 0 Å². The quantitative estimate of drug-likeness (QED) is 0.414. The maximum Gasteiger partial charge on any atom is 0.433 e. The van der Waals surface area contributed by atoms with Gasteiger partial charge in [-0.25, -0.2) is 24.0 Å². The van der Waals surface area contributed by atoms with Gasteiger partial charge in [0, 0.05) is 19.2 Å². The number of nitrogen functional groups attached to an aromatic ring is 1. The van der Waals surface area contributed by atoms with Crippen molar-refractivity contribution in [3.05, 3.63) is 11.8 Å². The van der Waals surface area contributed by atoms with Gasteiger partial charge in [-0.05, 0) is 0 Å². The van der Waals surface area contributed by atoms with Crippen molar-refractivity contribution in [1.29, 1.82) is 0 Å². The summed E-state index contributed by atoms with van der Waals surface area (Å²) in [7, 11) is -3.47. The van der Waals surface area contributed by atoms with Crippen molar-refractivity contribution >= 4 is 21.8 Å². The van der Waals surface area contributed by atoms with E-state index in [2.05, 4.69) is 20.0 Å². The lowest BCUT2D eigenvalue weighted by molar-refractivity contribution is -0.141. The normalized spacial score (nSPS) is 12.2. The molecule has 0 aliphatic heterocycles. The molecule has 21 heavy (non-hydrogen) atoms. The summed E-state index contributed by atoms with van der Waals surface area (Å²) in [5, 5.41) is 2.48. The molecular formula is C9H15F3N6O2S. The van der Waals surface area contributed by atoms with Crippen LogP contribution in [0.3, 0.4) is 0 Å². The second-order valence-corrected chi connectivity index (χ2v) is 5.77. The highest BCUT2D eigenvalue weighted by Crippen LogP contribution is 2.29. The smallest absolute Gasteiger partial charge is 0.369 e. The average molecular weight is 328 g/mol. The number of anilines is 2. The average Bonchev–Trinajstić information content (AvgIpc) is 2.37. The first-order valence-corrected chi connectivity index (χ1v) is 7.47. The largest absolute Gasteiger partial charge is 0.433 e. The van der Waals surface area contributed by atoms with Crippen LogP contribution in [0.5, 0.6) is 0 Å². The fourth-order valence-corrected chi connectivity index (χ4v) is 2.31. The SMILES string of the molecule is CCNS(=O)(=O)CCNc1cc(C(F)(F)F)nc(NN)n1. The van der Waals surface area contributed by atoms with Crippen LogP contribution in [-0.4, -0.2) is 37.2 Å². The molecule has 0 fully saturated rings. The molecule has 0 bridgehead atoms. The van der Waals surface area contributed by atoms with E-state index in [9.17, 15) is 21.6 Å². The van der Waals surface area contributed by atoms with Crippen LogP contribution >= 0.6 is 0 Å². The van der Waals surface area contributed by atoms with Gasteiger partial charge in [0.15, 0.2) is 5.69 Å². The Kier molecular flexibility index (Phi) is 5.69. The van der Waals surface area contributed by atoms with Crippen molar-refractivity contribution in [2.45, 2.75) is 13.1 Å². The van der Waals surface area contributed by atoms with E-state index >= 15 is 0 Å². The zero-order valence-electron chi connectivity index (χ0n) is 11.0. The van der Waals surface area contributed by atoms with Crippen LogP contribution in [0.4, 0.5) is 24.9 Å². The van der Waals surface area contributed by atoms with Gasteiger partial charge < -0.3 is 5.32 Å². The van der Waals surface area contributed by atoms with Crippen LogP contribution in [0.25, 0.3) is 0 Å². The maximum absolute atomic E-state index is 12.6. The number of nitrogens with zero attached hydrogens (tertiary/aromatic N) is 2. The molecule has 0 spiro atoms. The van der Waals surface area contributed by atoms with Crippen molar-refractivity contribution in [3.8, 4) is 0 Å². The number of halogens is 3. The molecule has 0 saturated carbocycles. The summed E-state index contributed by atoms with van der Waals surface area (Å²) in [5.74, 6) is 4.07. The number of hydrogen-bond acceptors (Lipinski definition) is 7. The lowest BCUT2D eigenvalue weighted by Crippen LogP contribution is -2.29. The number of nitrogens with one attached hydrogen (secondary N) is 3. The number of rotatable bonds is 7. The van der Waals surface area contributed by atoms with Crippen molar-refractivity contribution in [3.63, 3.8) is 0 Å². The molecule has 120 valence electrons. The van der Waals surface area contributed by atoms with Crippen LogP contribution in [0.15, 0.2) is 6.07 Å². The minimum atomic E-state index is -4.67. The summed E-state index contributed by atoms with van der Waals surface area (Å²) < 4.78 is 62.8. The molecule has 0 amide bonds. The Morgan fingerprint density at radius 2 is 2.00 bits per heavy atom. The Morgan fingerprint density at radius 1 is 1.33 bits per heavy atom. The Balaban J connectivity index is 2.80. The topological polar surface area (TPSA) is 122 Å². The molecule has 0 aromatic carbocycles. The highest BCUT2D eigenvalue weighted by molar-refractivity contribution is 7.89. The minimum absolute atomic E-state index is 0.117. The standard InChI is InChI=1S/C9H15F3N6O2S/c1-2-15-21(19,20)4-3-14-7-5-6(9(10,11)12)16-8(17-7)18-13/h5,15H,2-4,13H2,1H3,(H2,14,16,17,18). The second kappa shape index (κ2) is 6.87. The first-order valence-electron chi connectivity index (χ1n) is 5.82. The molecule has 5 N–H and O–H groups in total. The number of hydrogen-bond donors (Lipinski definition) is 4. The predicted molar refractivity (Wildman–Crippen MR) is 70.8 cm³/mol. The van der Waals surface area contributed by atoms with Crippen LogP contribution < -0.4 is 21.3 Å². The number of sulfonamides is 1. The van der Waals surface area contributed by atoms with Gasteiger partial charge in [0.05, 0.1) is 5.75 Å². The highest BCUT2D eigenvalue weighted by Gasteiger charge is 2.33. The van der Waals surface area contributed by atoms with Gasteiger partial charge in [0.25, 0.3) is 0 Å². The first kappa shape index (κ1) is 17.4. The van der Waals surface area contributed by atoms with Gasteiger partial charge >= 0.3 is 6.18 Å². The molecule has 0 aliphatic carbocycles. The van der Waals surface area contributed by atoms with Gasteiger partial charge in [-0.3, -0.25) is 5.43 Å². The Labute approximate surface area is 119 Å². The van der Waals surface area contributed by atoms with E-state index in [4.69, 9.17) is 5.84 Å². The number of alkyl halides is 3. The maximum atomic E-state index is 12.6. The van der Waals surface area contributed by atoms with Crippen LogP contribution in [0, 0.1) is 0 Å². The lowest BCUT2D eigenvalue weighted by atomic mass is 10.4. The van der Waals surface area contributed by atoms with Crippen molar-refractivity contribution < 1.29 is 21.6 Å². The third-order valence-corrected chi connectivity index (χ3v) is 3.66. The molecule has 0 saturated heterocycles. The van der Waals surface area contributed by atoms with E-state index in [0.717, 1.165) is 0 Å². The Bertz CT molecular complexity index is 577. The van der Waals surface area contributed by atoms with Gasteiger partial charge in [0.1, 0.15) is 5.82 Å². The molecule has 1 aromatic heterocycles.